The molecule has 0 saturated carbocycles. The minimum Gasteiger partial charge on any atom is -0.329 e. The molecular weight excluding hydrogens is 226 g/mol. The number of nitrogens with one attached hydrogen (secondary N) is 1. The highest BCUT2D eigenvalue weighted by Gasteiger charge is 2.32. The standard InChI is InChI=1S/C14H21N3O/c1-10-6-4-5-7-11(10)12-8-17(13(18)16-12)9-14(2,3)15/h4-7,12H,8-9,15H2,1-3H3,(H,16,18). The molecule has 4 heteroatoms. The second-order valence-electron chi connectivity index (χ2n) is 5.73. The largest absolute Gasteiger partial charge is 0.329 e. The first-order valence-electron chi connectivity index (χ1n) is 6.27. The molecule has 2 rings (SSSR count). The molecule has 0 bridgehead atoms. The van der Waals surface area contributed by atoms with Gasteiger partial charge in [0.1, 0.15) is 0 Å². The molecule has 18 heavy (non-hydrogen) atoms. The van der Waals surface area contributed by atoms with Crippen molar-refractivity contribution in [3.8, 4) is 0 Å². The van der Waals surface area contributed by atoms with Gasteiger partial charge in [-0.25, -0.2) is 4.79 Å². The summed E-state index contributed by atoms with van der Waals surface area (Å²) in [7, 11) is 0. The van der Waals surface area contributed by atoms with Crippen molar-refractivity contribution in [2.75, 3.05) is 13.1 Å². The molecule has 2 amide bonds. The van der Waals surface area contributed by atoms with Gasteiger partial charge in [0.2, 0.25) is 0 Å². The Morgan fingerprint density at radius 1 is 1.44 bits per heavy atom. The van der Waals surface area contributed by atoms with Crippen molar-refractivity contribution in [3.63, 3.8) is 0 Å². The molecule has 0 aliphatic carbocycles. The maximum atomic E-state index is 11.9. The highest BCUT2D eigenvalue weighted by molar-refractivity contribution is 5.77. The van der Waals surface area contributed by atoms with E-state index in [0.717, 1.165) is 0 Å². The monoisotopic (exact) mass is 247 g/mol. The van der Waals surface area contributed by atoms with Crippen LogP contribution in [0.2, 0.25) is 0 Å². The summed E-state index contributed by atoms with van der Waals surface area (Å²) in [5.74, 6) is 0. The number of benzene rings is 1. The van der Waals surface area contributed by atoms with Crippen LogP contribution in [0.3, 0.4) is 0 Å². The number of hydrogen-bond donors (Lipinski definition) is 2. The molecule has 4 nitrogen and oxygen atoms in total. The number of carbonyl (C=O) groups is 1. The lowest BCUT2D eigenvalue weighted by Gasteiger charge is -2.25. The first kappa shape index (κ1) is 12.9. The van der Waals surface area contributed by atoms with Crippen LogP contribution in [0.1, 0.15) is 31.0 Å². The maximum Gasteiger partial charge on any atom is 0.318 e. The van der Waals surface area contributed by atoms with E-state index in [1.165, 1.54) is 11.1 Å². The van der Waals surface area contributed by atoms with E-state index in [2.05, 4.69) is 24.4 Å². The van der Waals surface area contributed by atoms with E-state index in [4.69, 9.17) is 5.73 Å². The van der Waals surface area contributed by atoms with Crippen LogP contribution in [0.25, 0.3) is 0 Å². The number of urea groups is 1. The van der Waals surface area contributed by atoms with Crippen LogP contribution >= 0.6 is 0 Å². The van der Waals surface area contributed by atoms with Gasteiger partial charge >= 0.3 is 6.03 Å². The van der Waals surface area contributed by atoms with Crippen LogP contribution in [-0.4, -0.2) is 29.6 Å². The minimum absolute atomic E-state index is 0.0261. The average Bonchev–Trinajstić information content (AvgIpc) is 2.58. The van der Waals surface area contributed by atoms with Crippen molar-refractivity contribution in [2.45, 2.75) is 32.4 Å². The molecule has 0 aromatic heterocycles. The van der Waals surface area contributed by atoms with Gasteiger partial charge in [-0.2, -0.15) is 0 Å². The van der Waals surface area contributed by atoms with Gasteiger partial charge in [-0.05, 0) is 31.9 Å². The normalized spacial score (nSPS) is 20.1. The molecule has 1 saturated heterocycles. The number of rotatable bonds is 3. The summed E-state index contributed by atoms with van der Waals surface area (Å²) < 4.78 is 0. The molecule has 0 radical (unpaired) electrons. The Hall–Kier alpha value is -1.55. The van der Waals surface area contributed by atoms with Crippen molar-refractivity contribution in [1.29, 1.82) is 0 Å². The van der Waals surface area contributed by atoms with Crippen molar-refractivity contribution < 1.29 is 4.79 Å². The number of hydrogen-bond acceptors (Lipinski definition) is 2. The summed E-state index contributed by atoms with van der Waals surface area (Å²) >= 11 is 0. The van der Waals surface area contributed by atoms with E-state index in [1.54, 1.807) is 4.90 Å². The smallest absolute Gasteiger partial charge is 0.318 e. The van der Waals surface area contributed by atoms with E-state index in [1.807, 2.05) is 26.0 Å². The zero-order chi connectivity index (χ0) is 13.3. The third-order valence-corrected chi connectivity index (χ3v) is 3.15. The quantitative estimate of drug-likeness (QED) is 0.855. The number of nitrogens with two attached hydrogens (primary N) is 1. The summed E-state index contributed by atoms with van der Waals surface area (Å²) in [4.78, 5) is 13.7. The van der Waals surface area contributed by atoms with E-state index >= 15 is 0 Å². The number of carbonyl (C=O) groups excluding carboxylic acids is 1. The second kappa shape index (κ2) is 4.61. The lowest BCUT2D eigenvalue weighted by molar-refractivity contribution is 0.207. The number of amides is 2. The maximum absolute atomic E-state index is 11.9. The molecule has 1 unspecified atom stereocenters. The summed E-state index contributed by atoms with van der Waals surface area (Å²) in [5, 5.41) is 3.02. The van der Waals surface area contributed by atoms with E-state index < -0.39 is 0 Å². The summed E-state index contributed by atoms with van der Waals surface area (Å²) in [5.41, 5.74) is 8.00. The van der Waals surface area contributed by atoms with Crippen molar-refractivity contribution in [3.05, 3.63) is 35.4 Å². The third-order valence-electron chi connectivity index (χ3n) is 3.15. The Morgan fingerprint density at radius 3 is 2.72 bits per heavy atom. The van der Waals surface area contributed by atoms with Crippen LogP contribution < -0.4 is 11.1 Å². The SMILES string of the molecule is Cc1ccccc1C1CN(CC(C)(C)N)C(=O)N1. The molecule has 1 fully saturated rings. The molecule has 3 N–H and O–H groups in total. The van der Waals surface area contributed by atoms with Crippen LogP contribution in [0.5, 0.6) is 0 Å². The third kappa shape index (κ3) is 2.82. The molecule has 98 valence electrons. The molecule has 1 heterocycles. The van der Waals surface area contributed by atoms with Crippen LogP contribution in [0.15, 0.2) is 24.3 Å². The topological polar surface area (TPSA) is 58.4 Å². The summed E-state index contributed by atoms with van der Waals surface area (Å²) in [6.07, 6.45) is 0. The lowest BCUT2D eigenvalue weighted by atomic mass is 10.0. The minimum atomic E-state index is -0.363. The predicted molar refractivity (Wildman–Crippen MR) is 72.3 cm³/mol. The van der Waals surface area contributed by atoms with Crippen LogP contribution in [0.4, 0.5) is 4.79 Å². The number of aryl methyl sites for hydroxylation is 1. The highest BCUT2D eigenvalue weighted by Crippen LogP contribution is 2.23. The Morgan fingerprint density at radius 2 is 2.11 bits per heavy atom. The van der Waals surface area contributed by atoms with E-state index in [9.17, 15) is 4.79 Å². The number of nitrogens with zero attached hydrogens (tertiary/aromatic N) is 1. The zero-order valence-corrected chi connectivity index (χ0v) is 11.2. The Balaban J connectivity index is 2.12. The fourth-order valence-corrected chi connectivity index (χ4v) is 2.37. The fourth-order valence-electron chi connectivity index (χ4n) is 2.37. The Bertz CT molecular complexity index is 451. The highest BCUT2D eigenvalue weighted by atomic mass is 16.2. The fraction of sp³-hybridized carbons (Fsp3) is 0.500. The Labute approximate surface area is 108 Å². The van der Waals surface area contributed by atoms with Gasteiger partial charge in [-0.1, -0.05) is 24.3 Å². The van der Waals surface area contributed by atoms with Crippen molar-refractivity contribution in [1.82, 2.24) is 10.2 Å². The van der Waals surface area contributed by atoms with Crippen LogP contribution in [0, 0.1) is 6.92 Å². The first-order chi connectivity index (χ1) is 8.37. The molecule has 1 aliphatic rings. The molecular formula is C14H21N3O. The molecule has 1 aromatic carbocycles. The average molecular weight is 247 g/mol. The van der Waals surface area contributed by atoms with Gasteiger partial charge in [0, 0.05) is 18.6 Å². The van der Waals surface area contributed by atoms with Crippen LogP contribution in [-0.2, 0) is 0 Å². The molecule has 1 aromatic rings. The summed E-state index contributed by atoms with van der Waals surface area (Å²) in [6.45, 7) is 7.19. The van der Waals surface area contributed by atoms with Gasteiger partial charge < -0.3 is 16.0 Å². The predicted octanol–water partition coefficient (Wildman–Crippen LogP) is 1.80. The van der Waals surface area contributed by atoms with Gasteiger partial charge in [-0.3, -0.25) is 0 Å². The summed E-state index contributed by atoms with van der Waals surface area (Å²) in [6, 6.07) is 8.19. The van der Waals surface area contributed by atoms with Crippen molar-refractivity contribution >= 4 is 6.03 Å². The second-order valence-corrected chi connectivity index (χ2v) is 5.73. The lowest BCUT2D eigenvalue weighted by Crippen LogP contribution is -2.46. The van der Waals surface area contributed by atoms with Gasteiger partial charge in [0.25, 0.3) is 0 Å². The van der Waals surface area contributed by atoms with E-state index in [-0.39, 0.29) is 17.6 Å². The van der Waals surface area contributed by atoms with E-state index in [0.29, 0.717) is 13.1 Å². The molecule has 1 aliphatic heterocycles. The molecule has 1 atom stereocenters. The Kier molecular flexibility index (Phi) is 3.30. The van der Waals surface area contributed by atoms with Gasteiger partial charge in [-0.15, -0.1) is 0 Å². The van der Waals surface area contributed by atoms with Crippen molar-refractivity contribution in [2.24, 2.45) is 5.73 Å². The first-order valence-corrected chi connectivity index (χ1v) is 6.27. The van der Waals surface area contributed by atoms with Gasteiger partial charge in [0.05, 0.1) is 6.04 Å². The van der Waals surface area contributed by atoms with Gasteiger partial charge in [0.15, 0.2) is 0 Å². The molecule has 0 spiro atoms. The zero-order valence-electron chi connectivity index (χ0n) is 11.2.